The smallest absolute Gasteiger partial charge is 0.190 e. The van der Waals surface area contributed by atoms with Gasteiger partial charge in [-0.3, -0.25) is 4.99 Å². The molecule has 122 valence electrons. The summed E-state index contributed by atoms with van der Waals surface area (Å²) in [5, 5.41) is 6.64. The van der Waals surface area contributed by atoms with Crippen LogP contribution in [0.4, 0.5) is 0 Å². The molecule has 2 N–H and O–H groups in total. The van der Waals surface area contributed by atoms with Gasteiger partial charge in [-0.25, -0.2) is 0 Å². The van der Waals surface area contributed by atoms with Crippen molar-refractivity contribution in [2.75, 3.05) is 33.4 Å². The van der Waals surface area contributed by atoms with E-state index in [1.54, 1.807) is 0 Å². The van der Waals surface area contributed by atoms with Crippen LogP contribution in [0.3, 0.4) is 0 Å². The largest absolute Gasteiger partial charge is 0.381 e. The standard InChI is InChI=1S/C15H33N3O.HI/c1-6-7-12-19-13-8-10-17-14(16-5)18-11-9-15(2,3)4;/h6-13H2,1-5H3,(H2,16,17,18);1H. The van der Waals surface area contributed by atoms with Crippen LogP contribution in [-0.2, 0) is 4.74 Å². The van der Waals surface area contributed by atoms with E-state index in [0.29, 0.717) is 5.41 Å². The van der Waals surface area contributed by atoms with E-state index in [4.69, 9.17) is 4.74 Å². The maximum absolute atomic E-state index is 5.52. The summed E-state index contributed by atoms with van der Waals surface area (Å²) in [6.45, 7) is 12.5. The fourth-order valence-electron chi connectivity index (χ4n) is 1.51. The van der Waals surface area contributed by atoms with Crippen LogP contribution < -0.4 is 10.6 Å². The molecule has 0 aromatic carbocycles. The molecule has 0 aliphatic heterocycles. The van der Waals surface area contributed by atoms with Gasteiger partial charge >= 0.3 is 0 Å². The minimum atomic E-state index is 0. The number of halogens is 1. The third kappa shape index (κ3) is 16.0. The molecule has 0 rings (SSSR count). The normalized spacial score (nSPS) is 11.9. The highest BCUT2D eigenvalue weighted by atomic mass is 127. The molecule has 0 saturated heterocycles. The van der Waals surface area contributed by atoms with Gasteiger partial charge in [-0.1, -0.05) is 34.1 Å². The highest BCUT2D eigenvalue weighted by molar-refractivity contribution is 14.0. The van der Waals surface area contributed by atoms with Crippen LogP contribution in [0.1, 0.15) is 53.4 Å². The van der Waals surface area contributed by atoms with Crippen LogP contribution in [0.5, 0.6) is 0 Å². The van der Waals surface area contributed by atoms with Gasteiger partial charge in [-0.05, 0) is 24.7 Å². The van der Waals surface area contributed by atoms with E-state index in [-0.39, 0.29) is 24.0 Å². The van der Waals surface area contributed by atoms with Crippen molar-refractivity contribution in [2.45, 2.75) is 53.4 Å². The maximum atomic E-state index is 5.52. The Morgan fingerprint density at radius 1 is 1.05 bits per heavy atom. The summed E-state index contributed by atoms with van der Waals surface area (Å²) in [5.74, 6) is 0.887. The van der Waals surface area contributed by atoms with E-state index in [9.17, 15) is 0 Å². The van der Waals surface area contributed by atoms with Crippen LogP contribution in [0.25, 0.3) is 0 Å². The van der Waals surface area contributed by atoms with E-state index in [0.717, 1.165) is 51.5 Å². The Kier molecular flexibility index (Phi) is 15.5. The highest BCUT2D eigenvalue weighted by Gasteiger charge is 2.09. The fraction of sp³-hybridized carbons (Fsp3) is 0.933. The van der Waals surface area contributed by atoms with Gasteiger partial charge in [0, 0.05) is 33.4 Å². The van der Waals surface area contributed by atoms with Crippen molar-refractivity contribution < 1.29 is 4.74 Å². The zero-order valence-electron chi connectivity index (χ0n) is 13.9. The Labute approximate surface area is 142 Å². The molecule has 4 nitrogen and oxygen atoms in total. The zero-order chi connectivity index (χ0) is 14.6. The van der Waals surface area contributed by atoms with Gasteiger partial charge in [-0.15, -0.1) is 24.0 Å². The number of unbranched alkanes of at least 4 members (excludes halogenated alkanes) is 1. The lowest BCUT2D eigenvalue weighted by atomic mass is 9.92. The van der Waals surface area contributed by atoms with Crippen molar-refractivity contribution in [1.29, 1.82) is 0 Å². The molecule has 0 saturated carbocycles. The van der Waals surface area contributed by atoms with Crippen molar-refractivity contribution in [3.8, 4) is 0 Å². The van der Waals surface area contributed by atoms with E-state index < -0.39 is 0 Å². The second-order valence-electron chi connectivity index (χ2n) is 6.06. The minimum Gasteiger partial charge on any atom is -0.381 e. The van der Waals surface area contributed by atoms with Gasteiger partial charge < -0.3 is 15.4 Å². The first kappa shape index (κ1) is 22.2. The number of aliphatic imine (C=N–C) groups is 1. The summed E-state index contributed by atoms with van der Waals surface area (Å²) in [7, 11) is 1.81. The molecule has 0 spiro atoms. The molecule has 5 heteroatoms. The van der Waals surface area contributed by atoms with Crippen molar-refractivity contribution in [3.05, 3.63) is 0 Å². The quantitative estimate of drug-likeness (QED) is 0.270. The molecule has 0 amide bonds. The molecule has 20 heavy (non-hydrogen) atoms. The lowest BCUT2D eigenvalue weighted by molar-refractivity contribution is 0.129. The molecule has 0 aromatic heterocycles. The van der Waals surface area contributed by atoms with Gasteiger partial charge in [0.1, 0.15) is 0 Å². The number of hydrogen-bond acceptors (Lipinski definition) is 2. The van der Waals surface area contributed by atoms with Crippen LogP contribution in [0, 0.1) is 5.41 Å². The first-order valence-corrected chi connectivity index (χ1v) is 7.52. The SMILES string of the molecule is CCCCOCCCNC(=NC)NCCC(C)(C)C.I. The lowest BCUT2D eigenvalue weighted by Crippen LogP contribution is -2.39. The van der Waals surface area contributed by atoms with Gasteiger partial charge in [0.2, 0.25) is 0 Å². The second-order valence-corrected chi connectivity index (χ2v) is 6.06. The topological polar surface area (TPSA) is 45.6 Å². The Morgan fingerprint density at radius 3 is 2.20 bits per heavy atom. The first-order chi connectivity index (χ1) is 8.99. The van der Waals surface area contributed by atoms with E-state index in [2.05, 4.69) is 43.3 Å². The Hall–Kier alpha value is -0.0400. The summed E-state index contributed by atoms with van der Waals surface area (Å²) in [5.41, 5.74) is 0.360. The van der Waals surface area contributed by atoms with Crippen LogP contribution >= 0.6 is 24.0 Å². The molecule has 0 heterocycles. The predicted octanol–water partition coefficient (Wildman–Crippen LogP) is 3.41. The molecule has 0 aliphatic carbocycles. The Morgan fingerprint density at radius 2 is 1.65 bits per heavy atom. The summed E-state index contributed by atoms with van der Waals surface area (Å²) >= 11 is 0. The monoisotopic (exact) mass is 399 g/mol. The molecule has 0 aliphatic rings. The van der Waals surface area contributed by atoms with Gasteiger partial charge in [0.25, 0.3) is 0 Å². The number of nitrogens with one attached hydrogen (secondary N) is 2. The summed E-state index contributed by atoms with van der Waals surface area (Å²) < 4.78 is 5.52. The number of rotatable bonds is 9. The fourth-order valence-corrected chi connectivity index (χ4v) is 1.51. The average molecular weight is 399 g/mol. The van der Waals surface area contributed by atoms with Gasteiger partial charge in [0.05, 0.1) is 0 Å². The Balaban J connectivity index is 0. The molecular formula is C15H34IN3O. The second kappa shape index (κ2) is 13.9. The van der Waals surface area contributed by atoms with Crippen LogP contribution in [0.15, 0.2) is 4.99 Å². The number of nitrogens with zero attached hydrogens (tertiary/aromatic N) is 1. The van der Waals surface area contributed by atoms with Crippen molar-refractivity contribution >= 4 is 29.9 Å². The van der Waals surface area contributed by atoms with Crippen molar-refractivity contribution in [2.24, 2.45) is 10.4 Å². The highest BCUT2D eigenvalue weighted by Crippen LogP contribution is 2.16. The Bertz CT molecular complexity index is 240. The number of guanidine groups is 1. The van der Waals surface area contributed by atoms with Gasteiger partial charge in [-0.2, -0.15) is 0 Å². The summed E-state index contributed by atoms with van der Waals surface area (Å²) in [4.78, 5) is 4.21. The van der Waals surface area contributed by atoms with E-state index in [1.165, 1.54) is 6.42 Å². The predicted molar refractivity (Wildman–Crippen MR) is 99.2 cm³/mol. The maximum Gasteiger partial charge on any atom is 0.190 e. The van der Waals surface area contributed by atoms with E-state index >= 15 is 0 Å². The summed E-state index contributed by atoms with van der Waals surface area (Å²) in [6.07, 6.45) is 4.50. The minimum absolute atomic E-state index is 0. The lowest BCUT2D eigenvalue weighted by Gasteiger charge is -2.19. The zero-order valence-corrected chi connectivity index (χ0v) is 16.3. The van der Waals surface area contributed by atoms with Crippen LogP contribution in [0.2, 0.25) is 0 Å². The molecule has 0 bridgehead atoms. The molecule has 0 fully saturated rings. The van der Waals surface area contributed by atoms with Crippen molar-refractivity contribution in [3.63, 3.8) is 0 Å². The molecule has 0 radical (unpaired) electrons. The molecule has 0 unspecified atom stereocenters. The van der Waals surface area contributed by atoms with E-state index in [1.807, 2.05) is 7.05 Å². The van der Waals surface area contributed by atoms with Crippen LogP contribution in [-0.4, -0.2) is 39.3 Å². The molecule has 0 aromatic rings. The third-order valence-electron chi connectivity index (χ3n) is 2.79. The molecule has 0 atom stereocenters. The number of ether oxygens (including phenoxy) is 1. The number of hydrogen-bond donors (Lipinski definition) is 2. The van der Waals surface area contributed by atoms with Gasteiger partial charge in [0.15, 0.2) is 5.96 Å². The first-order valence-electron chi connectivity index (χ1n) is 7.52. The molecular weight excluding hydrogens is 365 g/mol. The summed E-state index contributed by atoms with van der Waals surface area (Å²) in [6, 6.07) is 0. The third-order valence-corrected chi connectivity index (χ3v) is 2.79. The average Bonchev–Trinajstić information content (AvgIpc) is 2.34. The van der Waals surface area contributed by atoms with Crippen molar-refractivity contribution in [1.82, 2.24) is 10.6 Å².